The van der Waals surface area contributed by atoms with Crippen molar-refractivity contribution in [3.8, 4) is 0 Å². The molecule has 9 rings (SSSR count). The van der Waals surface area contributed by atoms with Crippen molar-refractivity contribution < 1.29 is 124 Å². The summed E-state index contributed by atoms with van der Waals surface area (Å²) in [7, 11) is 0. The molecule has 30 atom stereocenters. The fraction of sp³-hybridized carbons (Fsp3) is 0.944. The summed E-state index contributed by atoms with van der Waals surface area (Å²) in [6, 6.07) is 0. The van der Waals surface area contributed by atoms with Gasteiger partial charge in [-0.2, -0.15) is 0 Å². The molecule has 16 N–H and O–H groups in total. The van der Waals surface area contributed by atoms with E-state index in [1.165, 1.54) is 0 Å². The Morgan fingerprint density at radius 2 is 1.00 bits per heavy atom. The van der Waals surface area contributed by atoms with Gasteiger partial charge in [-0.3, -0.25) is 4.79 Å². The van der Waals surface area contributed by atoms with Crippen LogP contribution in [0.25, 0.3) is 0 Å². The Bertz CT molecular complexity index is 2170. The van der Waals surface area contributed by atoms with Gasteiger partial charge in [0.2, 0.25) is 6.29 Å². The lowest BCUT2D eigenvalue weighted by Crippen LogP contribution is -2.70. The smallest absolute Gasteiger partial charge is 0.315 e. The van der Waals surface area contributed by atoms with E-state index >= 15 is 0 Å². The highest BCUT2D eigenvalue weighted by molar-refractivity contribution is 5.79. The molecule has 0 amide bonds. The van der Waals surface area contributed by atoms with Crippen LogP contribution in [0.1, 0.15) is 99.3 Å². The molecule has 4 saturated heterocycles. The molecule has 5 aliphatic carbocycles. The van der Waals surface area contributed by atoms with Crippen LogP contribution in [-0.4, -0.2) is 256 Å². The highest BCUT2D eigenvalue weighted by Gasteiger charge is 2.72. The van der Waals surface area contributed by atoms with Gasteiger partial charge in [-0.25, -0.2) is 0 Å². The first-order chi connectivity index (χ1) is 37.1. The Hall–Kier alpha value is -1.71. The monoisotopic (exact) mass is 1140 g/mol. The van der Waals surface area contributed by atoms with Crippen molar-refractivity contribution in [2.45, 2.75) is 234 Å². The van der Waals surface area contributed by atoms with Gasteiger partial charge in [-0.05, 0) is 97.2 Å². The Labute approximate surface area is 458 Å². The van der Waals surface area contributed by atoms with E-state index in [0.717, 1.165) is 12.0 Å². The van der Waals surface area contributed by atoms with Crippen LogP contribution in [0.15, 0.2) is 11.6 Å². The lowest BCUT2D eigenvalue weighted by Gasteiger charge is -2.72. The van der Waals surface area contributed by atoms with E-state index in [1.807, 2.05) is 0 Å². The zero-order valence-corrected chi connectivity index (χ0v) is 45.7. The van der Waals surface area contributed by atoms with E-state index in [1.54, 1.807) is 6.92 Å². The molecule has 0 unspecified atom stereocenters. The average molecular weight is 1140 g/mol. The molecule has 0 aromatic heterocycles. The van der Waals surface area contributed by atoms with Gasteiger partial charge in [0.1, 0.15) is 97.7 Å². The van der Waals surface area contributed by atoms with E-state index in [4.69, 9.17) is 37.9 Å². The lowest BCUT2D eigenvalue weighted by molar-refractivity contribution is -0.388. The van der Waals surface area contributed by atoms with Gasteiger partial charge in [0.15, 0.2) is 18.9 Å². The van der Waals surface area contributed by atoms with Crippen LogP contribution in [0, 0.1) is 50.2 Å². The number of hydrogen-bond acceptors (Lipinski definition) is 25. The topological polar surface area (TPSA) is 415 Å². The van der Waals surface area contributed by atoms with E-state index in [2.05, 4.69) is 40.7 Å². The number of aliphatic hydroxyl groups excluding tert-OH is 16. The molecule has 0 spiro atoms. The van der Waals surface area contributed by atoms with E-state index in [0.29, 0.717) is 44.9 Å². The van der Waals surface area contributed by atoms with Crippen LogP contribution in [0.3, 0.4) is 0 Å². The van der Waals surface area contributed by atoms with Crippen LogP contribution in [0.5, 0.6) is 0 Å². The summed E-state index contributed by atoms with van der Waals surface area (Å²) < 4.78 is 47.0. The fourth-order valence-electron chi connectivity index (χ4n) is 16.7. The predicted molar refractivity (Wildman–Crippen MR) is 266 cm³/mol. The van der Waals surface area contributed by atoms with Gasteiger partial charge >= 0.3 is 5.97 Å². The molecule has 8 fully saturated rings. The third kappa shape index (κ3) is 9.99. The molecule has 25 nitrogen and oxygen atoms in total. The quantitative estimate of drug-likeness (QED) is 0.0474. The SMILES string of the molecule is CC1(C)CC[C@]2(C(=O)O[C@@H]3O[C@H](CO)[C@@H](O)[C@H](O)[C@H]3O)CC[C@]3(C)C(=CC[C@@H]4[C@@]5(C)C[C@H](O)[C@H](O[C@@H]6O[C@H](CO)[C@@H](O)[C@H](O[C@@H]7O[C@H](CO)[C@H](O)[C@H](O[C@@H]8O[C@H](CO)[C@H](O)[C@H](O)[C@H]8O)[C@H]7O)[C@H]6O)[C@@](C)(CO)[C@@H]5CC[C@]43C)[C@@H]2C1. The number of aliphatic hydroxyl groups is 16. The van der Waals surface area contributed by atoms with Crippen molar-refractivity contribution in [2.75, 3.05) is 33.0 Å². The highest BCUT2D eigenvalue weighted by Crippen LogP contribution is 2.76. The van der Waals surface area contributed by atoms with Gasteiger partial charge < -0.3 is 120 Å². The van der Waals surface area contributed by atoms with Crippen molar-refractivity contribution in [2.24, 2.45) is 50.2 Å². The molecule has 4 aliphatic heterocycles. The molecule has 9 aliphatic rings. The number of fused-ring (bicyclic) bond motifs is 7. The van der Waals surface area contributed by atoms with Crippen LogP contribution in [0.4, 0.5) is 0 Å². The summed E-state index contributed by atoms with van der Waals surface area (Å²) in [6.07, 6.45) is -30.4. The third-order valence-corrected chi connectivity index (χ3v) is 21.5. The second-order valence-corrected chi connectivity index (χ2v) is 26.3. The van der Waals surface area contributed by atoms with Crippen LogP contribution in [0.2, 0.25) is 0 Å². The number of allylic oxidation sites excluding steroid dienone is 2. The number of esters is 1. The van der Waals surface area contributed by atoms with Crippen molar-refractivity contribution in [1.29, 1.82) is 0 Å². The molecule has 454 valence electrons. The lowest BCUT2D eigenvalue weighted by atomic mass is 9.33. The molecular formula is C54H88O25. The first kappa shape index (κ1) is 61.8. The highest BCUT2D eigenvalue weighted by atomic mass is 16.8. The summed E-state index contributed by atoms with van der Waals surface area (Å²) in [5.74, 6) is -1.22. The molecule has 0 aromatic rings. The predicted octanol–water partition coefficient (Wildman–Crippen LogP) is -4.09. The van der Waals surface area contributed by atoms with Crippen molar-refractivity contribution in [3.63, 3.8) is 0 Å². The van der Waals surface area contributed by atoms with Crippen molar-refractivity contribution in [1.82, 2.24) is 0 Å². The Kier molecular flexibility index (Phi) is 17.7. The second kappa shape index (κ2) is 22.6. The Morgan fingerprint density at radius 1 is 0.532 bits per heavy atom. The van der Waals surface area contributed by atoms with Gasteiger partial charge in [0, 0.05) is 5.41 Å². The maximum atomic E-state index is 14.8. The number of ether oxygens (including phenoxy) is 8. The molecule has 25 heteroatoms. The molecule has 4 heterocycles. The van der Waals surface area contributed by atoms with Gasteiger partial charge in [0.05, 0.1) is 50.7 Å². The Balaban J connectivity index is 0.946. The average Bonchev–Trinajstić information content (AvgIpc) is 3.58. The number of hydrogen-bond donors (Lipinski definition) is 16. The largest absolute Gasteiger partial charge is 0.432 e. The van der Waals surface area contributed by atoms with Crippen LogP contribution in [-0.2, 0) is 42.7 Å². The minimum absolute atomic E-state index is 0.0703. The van der Waals surface area contributed by atoms with Crippen molar-refractivity contribution >= 4 is 5.97 Å². The second-order valence-electron chi connectivity index (χ2n) is 26.3. The number of carbonyl (C=O) groups is 1. The minimum Gasteiger partial charge on any atom is -0.432 e. The molecule has 79 heavy (non-hydrogen) atoms. The standard InChI is InChI=1S/C54H88O25/c1-49(2)11-13-54(48(71)79-45-38(68)36(66)32(62)26(18-56)73-45)14-12-52(5)22(23(54)15-49)7-8-30-50(3)16-24(60)43(51(4,21-59)29(50)9-10-53(30,52)6)78-47-40(70)42(34(64)28(20-58)75-47)77-46-39(69)41(33(63)27(19-57)74-46)76-44-37(67)35(65)31(61)25(17-55)72-44/h7,23-47,55-70H,8-21H2,1-6H3/t23-,24-,25+,26+,27+,28+,29+,30+,31-,32+,33-,34+,35-,36-,37+,38+,39+,40+,41-,42-,43-,44-,45-,46-,47-,50-,51-,52+,53+,54-/m0/s1. The van der Waals surface area contributed by atoms with Crippen LogP contribution < -0.4 is 0 Å². The minimum atomic E-state index is -2.05. The zero-order valence-electron chi connectivity index (χ0n) is 45.7. The normalized spacial score (nSPS) is 54.6. The molecule has 0 aromatic carbocycles. The molecule has 0 radical (unpaired) electrons. The molecular weight excluding hydrogens is 1050 g/mol. The first-order valence-electron chi connectivity index (χ1n) is 28.1. The van der Waals surface area contributed by atoms with E-state index < -0.39 is 201 Å². The van der Waals surface area contributed by atoms with E-state index in [-0.39, 0.29) is 29.6 Å². The van der Waals surface area contributed by atoms with Crippen LogP contribution >= 0.6 is 0 Å². The summed E-state index contributed by atoms with van der Waals surface area (Å²) in [5.41, 5.74) is -2.75. The summed E-state index contributed by atoms with van der Waals surface area (Å²) in [6.45, 7) is 9.14. The summed E-state index contributed by atoms with van der Waals surface area (Å²) in [5, 5.41) is 174. The first-order valence-corrected chi connectivity index (χ1v) is 28.1. The van der Waals surface area contributed by atoms with Crippen molar-refractivity contribution in [3.05, 3.63) is 11.6 Å². The molecule has 0 bridgehead atoms. The third-order valence-electron chi connectivity index (χ3n) is 21.5. The Morgan fingerprint density at radius 3 is 1.52 bits per heavy atom. The zero-order chi connectivity index (χ0) is 57.9. The van der Waals surface area contributed by atoms with Gasteiger partial charge in [-0.1, -0.05) is 53.2 Å². The molecule has 4 saturated carbocycles. The maximum absolute atomic E-state index is 14.8. The van der Waals surface area contributed by atoms with E-state index in [9.17, 15) is 86.5 Å². The fourth-order valence-corrected chi connectivity index (χ4v) is 16.7. The van der Waals surface area contributed by atoms with Gasteiger partial charge in [0.25, 0.3) is 0 Å². The summed E-state index contributed by atoms with van der Waals surface area (Å²) in [4.78, 5) is 14.8. The maximum Gasteiger partial charge on any atom is 0.315 e. The summed E-state index contributed by atoms with van der Waals surface area (Å²) >= 11 is 0. The number of carbonyl (C=O) groups excluding carboxylic acids is 1. The number of rotatable bonds is 13. The van der Waals surface area contributed by atoms with Gasteiger partial charge in [-0.15, -0.1) is 0 Å².